The molecular weight excluding hydrogens is 319 g/mol. The van der Waals surface area contributed by atoms with Gasteiger partial charge in [0.1, 0.15) is 12.4 Å². The highest BCUT2D eigenvalue weighted by Gasteiger charge is 2.14. The summed E-state index contributed by atoms with van der Waals surface area (Å²) in [6.45, 7) is 7.38. The molecule has 0 spiro atoms. The van der Waals surface area contributed by atoms with Crippen molar-refractivity contribution in [3.8, 4) is 11.1 Å². The highest BCUT2D eigenvalue weighted by molar-refractivity contribution is 5.87. The Morgan fingerprint density at radius 2 is 1.92 bits per heavy atom. The lowest BCUT2D eigenvalue weighted by Crippen LogP contribution is -2.08. The van der Waals surface area contributed by atoms with Gasteiger partial charge in [0.05, 0.1) is 0 Å². The van der Waals surface area contributed by atoms with E-state index in [0.29, 0.717) is 35.1 Å². The quantitative estimate of drug-likeness (QED) is 0.601. The van der Waals surface area contributed by atoms with E-state index in [0.717, 1.165) is 11.1 Å². The van der Waals surface area contributed by atoms with Gasteiger partial charge in [-0.2, -0.15) is 0 Å². The number of aliphatic hydroxyl groups is 1. The SMILES string of the molecule is C=C(CC)C(=O)OCc1cc(CCO)ccc1-c1ccc(C)cc1F. The predicted octanol–water partition coefficient (Wildman–Crippen LogP) is 4.35. The average molecular weight is 342 g/mol. The number of hydrogen-bond acceptors (Lipinski definition) is 3. The van der Waals surface area contributed by atoms with Crippen LogP contribution >= 0.6 is 0 Å². The Balaban J connectivity index is 2.38. The van der Waals surface area contributed by atoms with Crippen LogP contribution in [0, 0.1) is 12.7 Å². The molecule has 0 unspecified atom stereocenters. The Bertz CT molecular complexity index is 781. The summed E-state index contributed by atoms with van der Waals surface area (Å²) < 4.78 is 19.7. The third-order valence-corrected chi connectivity index (χ3v) is 4.06. The van der Waals surface area contributed by atoms with Gasteiger partial charge >= 0.3 is 5.97 Å². The highest BCUT2D eigenvalue weighted by Crippen LogP contribution is 2.29. The molecule has 0 bridgehead atoms. The van der Waals surface area contributed by atoms with E-state index >= 15 is 0 Å². The first kappa shape index (κ1) is 18.9. The van der Waals surface area contributed by atoms with Gasteiger partial charge in [-0.3, -0.25) is 0 Å². The Labute approximate surface area is 147 Å². The summed E-state index contributed by atoms with van der Waals surface area (Å²) in [6.07, 6.45) is 1.00. The lowest BCUT2D eigenvalue weighted by Gasteiger charge is -2.14. The molecule has 0 heterocycles. The topological polar surface area (TPSA) is 46.5 Å². The van der Waals surface area contributed by atoms with E-state index in [1.165, 1.54) is 6.07 Å². The van der Waals surface area contributed by atoms with E-state index in [9.17, 15) is 9.18 Å². The number of ether oxygens (including phenoxy) is 1. The first-order valence-electron chi connectivity index (χ1n) is 8.30. The Kier molecular flexibility index (Phi) is 6.48. The molecule has 25 heavy (non-hydrogen) atoms. The molecule has 0 atom stereocenters. The van der Waals surface area contributed by atoms with E-state index < -0.39 is 5.97 Å². The number of rotatable bonds is 7. The summed E-state index contributed by atoms with van der Waals surface area (Å²) in [6, 6.07) is 10.5. The molecule has 2 aromatic carbocycles. The summed E-state index contributed by atoms with van der Waals surface area (Å²) in [5.41, 5.74) is 3.97. The molecule has 132 valence electrons. The lowest BCUT2D eigenvalue weighted by molar-refractivity contribution is -0.140. The van der Waals surface area contributed by atoms with Crippen LogP contribution in [0.15, 0.2) is 48.6 Å². The van der Waals surface area contributed by atoms with Crippen LogP contribution in [0.1, 0.15) is 30.0 Å². The molecule has 0 fully saturated rings. The van der Waals surface area contributed by atoms with Crippen molar-refractivity contribution in [1.82, 2.24) is 0 Å². The average Bonchev–Trinajstić information content (AvgIpc) is 2.60. The second kappa shape index (κ2) is 8.58. The minimum Gasteiger partial charge on any atom is -0.457 e. The fraction of sp³-hybridized carbons (Fsp3) is 0.286. The number of carbonyl (C=O) groups excluding carboxylic acids is 1. The fourth-order valence-corrected chi connectivity index (χ4v) is 2.54. The minimum absolute atomic E-state index is 0.0180. The van der Waals surface area contributed by atoms with Gasteiger partial charge in [0.2, 0.25) is 0 Å². The first-order chi connectivity index (χ1) is 12.0. The molecule has 4 heteroatoms. The van der Waals surface area contributed by atoms with Gasteiger partial charge in [0.25, 0.3) is 0 Å². The number of carbonyl (C=O) groups is 1. The number of aliphatic hydroxyl groups excluding tert-OH is 1. The van der Waals surface area contributed by atoms with E-state index in [4.69, 9.17) is 9.84 Å². The molecular formula is C21H23FO3. The zero-order valence-electron chi connectivity index (χ0n) is 14.6. The predicted molar refractivity (Wildman–Crippen MR) is 96.6 cm³/mol. The Morgan fingerprint density at radius 3 is 2.56 bits per heavy atom. The van der Waals surface area contributed by atoms with Crippen LogP contribution in [-0.2, 0) is 22.6 Å². The molecule has 0 saturated carbocycles. The molecule has 3 nitrogen and oxygen atoms in total. The molecule has 2 rings (SSSR count). The van der Waals surface area contributed by atoms with Gasteiger partial charge in [-0.05, 0) is 48.1 Å². The van der Waals surface area contributed by atoms with Crippen LogP contribution in [0.25, 0.3) is 11.1 Å². The van der Waals surface area contributed by atoms with Crippen LogP contribution in [0.5, 0.6) is 0 Å². The first-order valence-corrected chi connectivity index (χ1v) is 8.30. The van der Waals surface area contributed by atoms with E-state index in [-0.39, 0.29) is 19.0 Å². The Hall–Kier alpha value is -2.46. The fourth-order valence-electron chi connectivity index (χ4n) is 2.54. The maximum Gasteiger partial charge on any atom is 0.333 e. The molecule has 0 aliphatic carbocycles. The number of hydrogen-bond donors (Lipinski definition) is 1. The van der Waals surface area contributed by atoms with Crippen molar-refractivity contribution in [2.45, 2.75) is 33.3 Å². The number of esters is 1. The molecule has 0 radical (unpaired) electrons. The molecule has 0 saturated heterocycles. The van der Waals surface area contributed by atoms with E-state index in [1.807, 2.05) is 32.0 Å². The van der Waals surface area contributed by atoms with Crippen molar-refractivity contribution >= 4 is 5.97 Å². The van der Waals surface area contributed by atoms with Gasteiger partial charge in [0.15, 0.2) is 0 Å². The molecule has 0 aliphatic heterocycles. The van der Waals surface area contributed by atoms with Crippen molar-refractivity contribution in [2.24, 2.45) is 0 Å². The van der Waals surface area contributed by atoms with Gasteiger partial charge in [0, 0.05) is 17.7 Å². The van der Waals surface area contributed by atoms with Crippen molar-refractivity contribution in [2.75, 3.05) is 6.61 Å². The normalized spacial score (nSPS) is 10.6. The second-order valence-corrected chi connectivity index (χ2v) is 5.98. The monoisotopic (exact) mass is 342 g/mol. The van der Waals surface area contributed by atoms with Gasteiger partial charge < -0.3 is 9.84 Å². The van der Waals surface area contributed by atoms with Crippen LogP contribution < -0.4 is 0 Å². The highest BCUT2D eigenvalue weighted by atomic mass is 19.1. The van der Waals surface area contributed by atoms with Crippen LogP contribution in [0.2, 0.25) is 0 Å². The molecule has 2 aromatic rings. The number of benzene rings is 2. The van der Waals surface area contributed by atoms with Crippen molar-refractivity contribution in [3.63, 3.8) is 0 Å². The molecule has 0 aliphatic rings. The zero-order valence-corrected chi connectivity index (χ0v) is 14.6. The maximum absolute atomic E-state index is 14.4. The zero-order chi connectivity index (χ0) is 18.4. The van der Waals surface area contributed by atoms with Gasteiger partial charge in [-0.1, -0.05) is 43.8 Å². The Morgan fingerprint density at radius 1 is 1.20 bits per heavy atom. The van der Waals surface area contributed by atoms with E-state index in [1.54, 1.807) is 12.1 Å². The summed E-state index contributed by atoms with van der Waals surface area (Å²) in [4.78, 5) is 11.9. The van der Waals surface area contributed by atoms with E-state index in [2.05, 4.69) is 6.58 Å². The van der Waals surface area contributed by atoms with Crippen molar-refractivity contribution < 1.29 is 19.0 Å². The number of aryl methyl sites for hydroxylation is 1. The third-order valence-electron chi connectivity index (χ3n) is 4.06. The largest absolute Gasteiger partial charge is 0.457 e. The lowest BCUT2D eigenvalue weighted by atomic mass is 9.96. The molecule has 1 N–H and O–H groups in total. The standard InChI is InChI=1S/C21H23FO3/c1-4-15(3)21(24)25-13-17-12-16(9-10-23)6-8-18(17)19-7-5-14(2)11-20(19)22/h5-8,11-12,23H,3-4,9-10,13H2,1-2H3. The minimum atomic E-state index is -0.453. The van der Waals surface area contributed by atoms with Crippen molar-refractivity contribution in [1.29, 1.82) is 0 Å². The van der Waals surface area contributed by atoms with Gasteiger partial charge in [-0.15, -0.1) is 0 Å². The maximum atomic E-state index is 14.4. The second-order valence-electron chi connectivity index (χ2n) is 5.98. The van der Waals surface area contributed by atoms with Crippen LogP contribution in [-0.4, -0.2) is 17.7 Å². The summed E-state index contributed by atoms with van der Waals surface area (Å²) in [7, 11) is 0. The third kappa shape index (κ3) is 4.77. The van der Waals surface area contributed by atoms with Gasteiger partial charge in [-0.25, -0.2) is 9.18 Å². The smallest absolute Gasteiger partial charge is 0.333 e. The van der Waals surface area contributed by atoms with Crippen molar-refractivity contribution in [3.05, 3.63) is 71.1 Å². The molecule has 0 aromatic heterocycles. The summed E-state index contributed by atoms with van der Waals surface area (Å²) >= 11 is 0. The van der Waals surface area contributed by atoms with Crippen LogP contribution in [0.3, 0.4) is 0 Å². The summed E-state index contributed by atoms with van der Waals surface area (Å²) in [5, 5.41) is 9.14. The molecule has 0 amide bonds. The number of halogens is 1. The summed E-state index contributed by atoms with van der Waals surface area (Å²) in [5.74, 6) is -0.772. The van der Waals surface area contributed by atoms with Crippen LogP contribution in [0.4, 0.5) is 4.39 Å².